The van der Waals surface area contributed by atoms with Gasteiger partial charge in [-0.1, -0.05) is 29.3 Å². The molecule has 0 saturated carbocycles. The van der Waals surface area contributed by atoms with E-state index < -0.39 is 0 Å². The Hall–Kier alpha value is -0.360. The van der Waals surface area contributed by atoms with Crippen molar-refractivity contribution in [2.75, 3.05) is 7.05 Å². The molecule has 0 aliphatic heterocycles. The minimum Gasteiger partial charge on any atom is -0.309 e. The van der Waals surface area contributed by atoms with E-state index in [0.29, 0.717) is 15.6 Å². The van der Waals surface area contributed by atoms with Crippen LogP contribution in [0.3, 0.4) is 0 Å². The van der Waals surface area contributed by atoms with Gasteiger partial charge in [0.1, 0.15) is 5.82 Å². The molecule has 0 aliphatic carbocycles. The fourth-order valence-corrected chi connectivity index (χ4v) is 2.68. The summed E-state index contributed by atoms with van der Waals surface area (Å²) in [7, 11) is 1.80. The van der Waals surface area contributed by atoms with Crippen LogP contribution in [0.1, 0.15) is 17.2 Å². The predicted octanol–water partition coefficient (Wildman–Crippen LogP) is 5.05. The zero-order valence-corrected chi connectivity index (χ0v) is 13.7. The highest BCUT2D eigenvalue weighted by Crippen LogP contribution is 2.31. The van der Waals surface area contributed by atoms with E-state index in [0.717, 1.165) is 9.13 Å². The molecule has 1 nitrogen and oxygen atoms in total. The molecule has 5 heteroatoms. The molecule has 100 valence electrons. The lowest BCUT2D eigenvalue weighted by Crippen LogP contribution is -2.18. The zero-order chi connectivity index (χ0) is 14.0. The second kappa shape index (κ2) is 6.39. The Balaban J connectivity index is 2.49. The van der Waals surface area contributed by atoms with E-state index in [1.165, 1.54) is 12.1 Å². The summed E-state index contributed by atoms with van der Waals surface area (Å²) in [6, 6.07) is 9.90. The molecule has 0 aliphatic rings. The molecular weight excluding hydrogens is 399 g/mol. The minimum atomic E-state index is -0.309. The van der Waals surface area contributed by atoms with Crippen LogP contribution in [0.4, 0.5) is 4.39 Å². The number of nitrogens with one attached hydrogen (secondary N) is 1. The van der Waals surface area contributed by atoms with Crippen molar-refractivity contribution in [3.8, 4) is 0 Å². The highest BCUT2D eigenvalue weighted by molar-refractivity contribution is 14.1. The molecule has 2 rings (SSSR count). The Bertz CT molecular complexity index is 604. The summed E-state index contributed by atoms with van der Waals surface area (Å²) in [5.41, 5.74) is 1.64. The van der Waals surface area contributed by atoms with Gasteiger partial charge in [-0.3, -0.25) is 0 Å². The number of hydrogen-bond acceptors (Lipinski definition) is 1. The Morgan fingerprint density at radius 2 is 1.84 bits per heavy atom. The van der Waals surface area contributed by atoms with E-state index >= 15 is 0 Å². The second-order valence-corrected chi connectivity index (χ2v) is 6.04. The van der Waals surface area contributed by atoms with E-state index in [4.69, 9.17) is 23.2 Å². The van der Waals surface area contributed by atoms with E-state index in [9.17, 15) is 4.39 Å². The van der Waals surface area contributed by atoms with Gasteiger partial charge in [0, 0.05) is 8.59 Å². The van der Waals surface area contributed by atoms with Crippen LogP contribution >= 0.6 is 45.8 Å². The normalized spacial score (nSPS) is 12.5. The zero-order valence-electron chi connectivity index (χ0n) is 10.1. The Kier molecular flexibility index (Phi) is 5.06. The Morgan fingerprint density at radius 1 is 1.11 bits per heavy atom. The van der Waals surface area contributed by atoms with Crippen LogP contribution in [0.25, 0.3) is 0 Å². The van der Waals surface area contributed by atoms with Crippen LogP contribution in [0, 0.1) is 9.39 Å². The number of halogens is 4. The number of rotatable bonds is 3. The molecule has 0 fully saturated rings. The lowest BCUT2D eigenvalue weighted by atomic mass is 9.99. The standard InChI is InChI=1S/C14H11Cl2FIN/c1-19-14(8-2-5-13(18)12(16)6-8)10-7-9(17)3-4-11(10)15/h2-7,14,19H,1H3. The summed E-state index contributed by atoms with van der Waals surface area (Å²) in [4.78, 5) is 0. The summed E-state index contributed by atoms with van der Waals surface area (Å²) in [6.45, 7) is 0. The molecule has 0 heterocycles. The maximum Gasteiger partial charge on any atom is 0.123 e. The van der Waals surface area contributed by atoms with Crippen molar-refractivity contribution in [2.45, 2.75) is 6.04 Å². The molecule has 2 aromatic rings. The third-order valence-corrected chi connectivity index (χ3v) is 4.75. The van der Waals surface area contributed by atoms with Gasteiger partial charge in [-0.15, -0.1) is 0 Å². The van der Waals surface area contributed by atoms with E-state index in [2.05, 4.69) is 27.9 Å². The Labute approximate surface area is 135 Å². The van der Waals surface area contributed by atoms with Gasteiger partial charge in [-0.25, -0.2) is 4.39 Å². The Morgan fingerprint density at radius 3 is 2.47 bits per heavy atom. The SMILES string of the molecule is CNC(c1ccc(I)c(Cl)c1)c1cc(F)ccc1Cl. The van der Waals surface area contributed by atoms with Crippen LogP contribution in [-0.4, -0.2) is 7.05 Å². The molecule has 2 aromatic carbocycles. The average molecular weight is 410 g/mol. The van der Waals surface area contributed by atoms with E-state index in [1.807, 2.05) is 18.2 Å². The minimum absolute atomic E-state index is 0.197. The molecule has 0 bridgehead atoms. The van der Waals surface area contributed by atoms with Crippen molar-refractivity contribution >= 4 is 45.8 Å². The maximum absolute atomic E-state index is 13.4. The van der Waals surface area contributed by atoms with Crippen LogP contribution in [0.15, 0.2) is 36.4 Å². The molecule has 0 spiro atoms. The molecule has 1 N–H and O–H groups in total. The highest BCUT2D eigenvalue weighted by Gasteiger charge is 2.16. The van der Waals surface area contributed by atoms with Gasteiger partial charge in [0.2, 0.25) is 0 Å². The van der Waals surface area contributed by atoms with Crippen molar-refractivity contribution in [3.63, 3.8) is 0 Å². The summed E-state index contributed by atoms with van der Waals surface area (Å²) >= 11 is 14.4. The van der Waals surface area contributed by atoms with Crippen LogP contribution in [0.2, 0.25) is 10.0 Å². The van der Waals surface area contributed by atoms with Crippen molar-refractivity contribution in [3.05, 3.63) is 67.0 Å². The van der Waals surface area contributed by atoms with Crippen LogP contribution < -0.4 is 5.32 Å². The van der Waals surface area contributed by atoms with Gasteiger partial charge >= 0.3 is 0 Å². The fraction of sp³-hybridized carbons (Fsp3) is 0.143. The first kappa shape index (κ1) is 15.0. The largest absolute Gasteiger partial charge is 0.309 e. The number of hydrogen-bond donors (Lipinski definition) is 1. The quantitative estimate of drug-likeness (QED) is 0.699. The van der Waals surface area contributed by atoms with Crippen molar-refractivity contribution < 1.29 is 4.39 Å². The molecule has 0 saturated heterocycles. The summed E-state index contributed by atoms with van der Waals surface area (Å²) in [6.07, 6.45) is 0. The maximum atomic E-state index is 13.4. The van der Waals surface area contributed by atoms with Gasteiger partial charge in [0.05, 0.1) is 11.1 Å². The smallest absolute Gasteiger partial charge is 0.123 e. The van der Waals surface area contributed by atoms with Gasteiger partial charge in [0.15, 0.2) is 0 Å². The highest BCUT2D eigenvalue weighted by atomic mass is 127. The van der Waals surface area contributed by atoms with Crippen molar-refractivity contribution in [1.82, 2.24) is 5.32 Å². The molecule has 1 atom stereocenters. The number of benzene rings is 2. The third kappa shape index (κ3) is 3.40. The summed E-state index contributed by atoms with van der Waals surface area (Å²) in [5.74, 6) is -0.309. The first-order valence-electron chi connectivity index (χ1n) is 5.60. The van der Waals surface area contributed by atoms with Gasteiger partial charge in [-0.05, 0) is 71.1 Å². The van der Waals surface area contributed by atoms with Gasteiger partial charge in [-0.2, -0.15) is 0 Å². The molecule has 0 aromatic heterocycles. The fourth-order valence-electron chi connectivity index (χ4n) is 1.93. The summed E-state index contributed by atoms with van der Waals surface area (Å²) < 4.78 is 14.4. The van der Waals surface area contributed by atoms with Crippen LogP contribution in [0.5, 0.6) is 0 Å². The van der Waals surface area contributed by atoms with Gasteiger partial charge < -0.3 is 5.32 Å². The van der Waals surface area contributed by atoms with E-state index in [-0.39, 0.29) is 11.9 Å². The first-order valence-corrected chi connectivity index (χ1v) is 7.43. The van der Waals surface area contributed by atoms with Gasteiger partial charge in [0.25, 0.3) is 0 Å². The molecule has 19 heavy (non-hydrogen) atoms. The monoisotopic (exact) mass is 409 g/mol. The molecule has 0 amide bonds. The lowest BCUT2D eigenvalue weighted by Gasteiger charge is -2.19. The third-order valence-electron chi connectivity index (χ3n) is 2.83. The average Bonchev–Trinajstić information content (AvgIpc) is 2.38. The molecule has 0 radical (unpaired) electrons. The lowest BCUT2D eigenvalue weighted by molar-refractivity contribution is 0.617. The summed E-state index contributed by atoms with van der Waals surface area (Å²) in [5, 5.41) is 4.33. The molecular formula is C14H11Cl2FIN. The van der Waals surface area contributed by atoms with Crippen molar-refractivity contribution in [2.24, 2.45) is 0 Å². The molecule has 1 unspecified atom stereocenters. The van der Waals surface area contributed by atoms with Crippen LogP contribution in [-0.2, 0) is 0 Å². The topological polar surface area (TPSA) is 12.0 Å². The first-order chi connectivity index (χ1) is 9.02. The predicted molar refractivity (Wildman–Crippen MR) is 86.5 cm³/mol. The van der Waals surface area contributed by atoms with Crippen molar-refractivity contribution in [1.29, 1.82) is 0 Å². The van der Waals surface area contributed by atoms with E-state index in [1.54, 1.807) is 13.1 Å². The second-order valence-electron chi connectivity index (χ2n) is 4.06.